The Morgan fingerprint density at radius 1 is 1.30 bits per heavy atom. The minimum Gasteiger partial charge on any atom is -0.698 e. The topological polar surface area (TPSA) is 23.8 Å². The summed E-state index contributed by atoms with van der Waals surface area (Å²) in [4.78, 5) is 0. The number of benzene rings is 1. The second-order valence-corrected chi connectivity index (χ2v) is 2.01. The summed E-state index contributed by atoms with van der Waals surface area (Å²) < 4.78 is 0. The maximum atomic E-state index is 7.37. The standard InChI is InChI=1S/C8H10N.Ac/c1-2-7-5-3-4-6-8(7)9;/h3-6,9H,2H2,1H3;/q-1;. The van der Waals surface area contributed by atoms with E-state index in [4.69, 9.17) is 5.73 Å². The van der Waals surface area contributed by atoms with Crippen LogP contribution in [-0.2, 0) is 6.42 Å². The fraction of sp³-hybridized carbons (Fsp3) is 0.250. The normalized spacial score (nSPS) is 8.50. The molecule has 0 saturated carbocycles. The average Bonchev–Trinajstić information content (AvgIpc) is 1.89. The third-order valence-electron chi connectivity index (χ3n) is 1.40. The van der Waals surface area contributed by atoms with Crippen LogP contribution < -0.4 is 0 Å². The molecule has 0 atom stereocenters. The van der Waals surface area contributed by atoms with Crippen LogP contribution in [0.15, 0.2) is 24.3 Å². The van der Waals surface area contributed by atoms with Crippen LogP contribution in [0.3, 0.4) is 0 Å². The van der Waals surface area contributed by atoms with Crippen LogP contribution in [0.5, 0.6) is 0 Å². The summed E-state index contributed by atoms with van der Waals surface area (Å²) in [5, 5.41) is 0. The predicted molar refractivity (Wildman–Crippen MR) is 39.8 cm³/mol. The van der Waals surface area contributed by atoms with E-state index in [1.165, 1.54) is 0 Å². The van der Waals surface area contributed by atoms with Gasteiger partial charge in [-0.2, -0.15) is 0 Å². The predicted octanol–water partition coefficient (Wildman–Crippen LogP) is 2.93. The monoisotopic (exact) mass is 347 g/mol. The second kappa shape index (κ2) is 5.16. The van der Waals surface area contributed by atoms with E-state index in [2.05, 4.69) is 6.92 Å². The van der Waals surface area contributed by atoms with Crippen LogP contribution in [0.25, 0.3) is 5.73 Å². The third kappa shape index (κ3) is 2.60. The molecule has 0 aliphatic rings. The van der Waals surface area contributed by atoms with E-state index >= 15 is 0 Å². The first-order valence-electron chi connectivity index (χ1n) is 3.14. The van der Waals surface area contributed by atoms with Crippen molar-refractivity contribution < 1.29 is 44.1 Å². The SMILES string of the molecule is CCc1ccccc1[NH-].[Ac]. The Bertz CT molecular complexity index is 198. The first-order valence-corrected chi connectivity index (χ1v) is 3.14. The van der Waals surface area contributed by atoms with Crippen LogP contribution in [0.1, 0.15) is 12.5 Å². The maximum absolute atomic E-state index is 7.37. The van der Waals surface area contributed by atoms with Gasteiger partial charge in [-0.3, -0.25) is 0 Å². The van der Waals surface area contributed by atoms with Crippen LogP contribution in [-0.4, -0.2) is 0 Å². The van der Waals surface area contributed by atoms with Gasteiger partial charge in [0, 0.05) is 44.1 Å². The molecule has 51 valence electrons. The molecule has 1 N–H and O–H groups in total. The zero-order valence-electron chi connectivity index (χ0n) is 6.09. The van der Waals surface area contributed by atoms with Gasteiger partial charge < -0.3 is 5.73 Å². The van der Waals surface area contributed by atoms with Gasteiger partial charge in [-0.25, -0.2) is 0 Å². The van der Waals surface area contributed by atoms with E-state index < -0.39 is 0 Å². The molecule has 1 aromatic carbocycles. The fourth-order valence-electron chi connectivity index (χ4n) is 0.829. The largest absolute Gasteiger partial charge is 0.698 e. The molecule has 0 spiro atoms. The van der Waals surface area contributed by atoms with Crippen molar-refractivity contribution in [3.8, 4) is 0 Å². The molecule has 0 aliphatic carbocycles. The molecule has 0 heterocycles. The molecule has 1 radical (unpaired) electrons. The van der Waals surface area contributed by atoms with Gasteiger partial charge in [0.2, 0.25) is 0 Å². The van der Waals surface area contributed by atoms with Gasteiger partial charge in [0.05, 0.1) is 0 Å². The Morgan fingerprint density at radius 2 is 1.90 bits per heavy atom. The molecule has 0 fully saturated rings. The summed E-state index contributed by atoms with van der Waals surface area (Å²) in [7, 11) is 0. The number of hydrogen-bond acceptors (Lipinski definition) is 0. The van der Waals surface area contributed by atoms with E-state index in [0.29, 0.717) is 5.69 Å². The zero-order chi connectivity index (χ0) is 6.69. The number of rotatable bonds is 1. The van der Waals surface area contributed by atoms with Gasteiger partial charge in [-0.15, -0.1) is 5.69 Å². The van der Waals surface area contributed by atoms with Crippen LogP contribution >= 0.6 is 0 Å². The van der Waals surface area contributed by atoms with Crippen molar-refractivity contribution in [2.75, 3.05) is 0 Å². The Labute approximate surface area is 97.6 Å². The smallest absolute Gasteiger partial charge is 0 e. The molecular formula is C8H10AcN-. The molecule has 1 aromatic rings. The summed E-state index contributed by atoms with van der Waals surface area (Å²) in [5.74, 6) is 0. The van der Waals surface area contributed by atoms with Crippen molar-refractivity contribution in [2.24, 2.45) is 0 Å². The fourth-order valence-corrected chi connectivity index (χ4v) is 0.829. The van der Waals surface area contributed by atoms with Crippen molar-refractivity contribution >= 4 is 5.69 Å². The van der Waals surface area contributed by atoms with Crippen molar-refractivity contribution in [3.05, 3.63) is 35.6 Å². The molecule has 0 saturated heterocycles. The van der Waals surface area contributed by atoms with Gasteiger partial charge in [-0.1, -0.05) is 36.8 Å². The second-order valence-electron chi connectivity index (χ2n) is 2.01. The van der Waals surface area contributed by atoms with Crippen molar-refractivity contribution in [1.82, 2.24) is 0 Å². The van der Waals surface area contributed by atoms with Gasteiger partial charge in [0.25, 0.3) is 0 Å². The molecule has 0 aromatic heterocycles. The average molecular weight is 347 g/mol. The number of hydrogen-bond donors (Lipinski definition) is 0. The van der Waals surface area contributed by atoms with Crippen LogP contribution in [0.4, 0.5) is 5.69 Å². The van der Waals surface area contributed by atoms with E-state index in [1.807, 2.05) is 24.3 Å². The van der Waals surface area contributed by atoms with E-state index in [0.717, 1.165) is 12.0 Å². The molecule has 0 amide bonds. The summed E-state index contributed by atoms with van der Waals surface area (Å²) >= 11 is 0. The van der Waals surface area contributed by atoms with Gasteiger partial charge in [0.1, 0.15) is 0 Å². The minimum atomic E-state index is 0. The first kappa shape index (κ1) is 10.5. The summed E-state index contributed by atoms with van der Waals surface area (Å²) in [6.07, 6.45) is 0.958. The van der Waals surface area contributed by atoms with Crippen LogP contribution in [0, 0.1) is 44.1 Å². The van der Waals surface area contributed by atoms with E-state index in [-0.39, 0.29) is 44.1 Å². The molecule has 0 aliphatic heterocycles. The Hall–Kier alpha value is 0.462. The molecule has 2 heteroatoms. The van der Waals surface area contributed by atoms with E-state index in [9.17, 15) is 0 Å². The van der Waals surface area contributed by atoms with Gasteiger partial charge in [-0.05, 0) is 6.42 Å². The molecule has 1 rings (SSSR count). The Kier molecular flexibility index (Phi) is 5.39. The summed E-state index contributed by atoms with van der Waals surface area (Å²) in [6.45, 7) is 2.06. The van der Waals surface area contributed by atoms with E-state index in [1.54, 1.807) is 0 Å². The summed E-state index contributed by atoms with van der Waals surface area (Å²) in [5.41, 5.74) is 9.15. The number of aryl methyl sites for hydroxylation is 1. The zero-order valence-corrected chi connectivity index (χ0v) is 10.8. The molecule has 0 unspecified atom stereocenters. The first-order chi connectivity index (χ1) is 4.34. The third-order valence-corrected chi connectivity index (χ3v) is 1.40. The van der Waals surface area contributed by atoms with Crippen molar-refractivity contribution in [2.45, 2.75) is 13.3 Å². The molecular weight excluding hydrogens is 337 g/mol. The minimum absolute atomic E-state index is 0. The molecule has 1 nitrogen and oxygen atoms in total. The van der Waals surface area contributed by atoms with Gasteiger partial charge in [0.15, 0.2) is 0 Å². The maximum Gasteiger partial charge on any atom is 0 e. The van der Waals surface area contributed by atoms with Crippen LogP contribution in [0.2, 0.25) is 0 Å². The molecule has 0 bridgehead atoms. The van der Waals surface area contributed by atoms with Crippen molar-refractivity contribution in [3.63, 3.8) is 0 Å². The Balaban J connectivity index is 0.000000810. The van der Waals surface area contributed by atoms with Gasteiger partial charge >= 0.3 is 0 Å². The number of nitrogens with one attached hydrogen (secondary N) is 1. The molecule has 10 heavy (non-hydrogen) atoms. The quantitative estimate of drug-likeness (QED) is 0.746. The Morgan fingerprint density at radius 3 is 2.30 bits per heavy atom. The summed E-state index contributed by atoms with van der Waals surface area (Å²) in [6, 6.07) is 7.67. The van der Waals surface area contributed by atoms with Crippen molar-refractivity contribution in [1.29, 1.82) is 0 Å².